The van der Waals surface area contributed by atoms with E-state index in [2.05, 4.69) is 104 Å². The number of aliphatic hydroxyl groups excluding tert-OH is 2. The predicted molar refractivity (Wildman–Crippen MR) is 243 cm³/mol. The number of rotatable bonds is 18. The molecular formula is C50H60O15. The molecule has 0 radical (unpaired) electrons. The van der Waals surface area contributed by atoms with Crippen molar-refractivity contribution in [3.63, 3.8) is 0 Å². The Morgan fingerprint density at radius 2 is 0.923 bits per heavy atom. The van der Waals surface area contributed by atoms with E-state index < -0.39 is 48.3 Å². The number of epoxide rings is 1. The summed E-state index contributed by atoms with van der Waals surface area (Å²) in [5.41, 5.74) is 4.53. The van der Waals surface area contributed by atoms with Crippen molar-refractivity contribution in [3.05, 3.63) is 157 Å². The molecule has 1 heterocycles. The number of carboxylic acids is 2. The summed E-state index contributed by atoms with van der Waals surface area (Å²) >= 11 is 0. The fourth-order valence-corrected chi connectivity index (χ4v) is 5.60. The van der Waals surface area contributed by atoms with Crippen molar-refractivity contribution in [3.8, 4) is 23.0 Å². The summed E-state index contributed by atoms with van der Waals surface area (Å²) in [7, 11) is 2.36. The van der Waals surface area contributed by atoms with E-state index >= 15 is 0 Å². The number of aliphatic hydroxyl groups is 2. The van der Waals surface area contributed by atoms with Gasteiger partial charge in [0.1, 0.15) is 36.2 Å². The molecule has 3 unspecified atom stereocenters. The number of carbonyl (C=O) groups excluding carboxylic acids is 2. The van der Waals surface area contributed by atoms with Gasteiger partial charge in [-0.2, -0.15) is 0 Å². The molecular weight excluding hydrogens is 841 g/mol. The normalized spacial score (nSPS) is 14.7. The monoisotopic (exact) mass is 900 g/mol. The SMILES string of the molecule is C=COc1ccc(C(C)(C)c2ccc(OCC(C)O)cc2)cc1.C=COc1ccc(C(C)(C)c2ccc(OCC(C)O)cc2)cc1.COC(=O)/C=C/C(=O)O.COC(=O)C1O[C@@H]1C(=O)O. The van der Waals surface area contributed by atoms with Crippen LogP contribution in [0.2, 0.25) is 0 Å². The first kappa shape index (κ1) is 54.2. The lowest BCUT2D eigenvalue weighted by Gasteiger charge is -2.26. The summed E-state index contributed by atoms with van der Waals surface area (Å²) < 4.78 is 34.3. The van der Waals surface area contributed by atoms with Crippen LogP contribution in [0.15, 0.2) is 135 Å². The van der Waals surface area contributed by atoms with Crippen LogP contribution in [0, 0.1) is 0 Å². The molecule has 0 saturated carbocycles. The van der Waals surface area contributed by atoms with Crippen LogP contribution in [0.1, 0.15) is 63.8 Å². The first-order chi connectivity index (χ1) is 30.7. The maximum absolute atomic E-state index is 10.5. The average molecular weight is 901 g/mol. The first-order valence-corrected chi connectivity index (χ1v) is 20.2. The van der Waals surface area contributed by atoms with Crippen molar-refractivity contribution < 1.29 is 72.8 Å². The molecule has 65 heavy (non-hydrogen) atoms. The summed E-state index contributed by atoms with van der Waals surface area (Å²) in [4.78, 5) is 40.4. The van der Waals surface area contributed by atoms with Gasteiger partial charge >= 0.3 is 23.9 Å². The second kappa shape index (κ2) is 26.6. The lowest BCUT2D eigenvalue weighted by molar-refractivity contribution is -0.143. The molecule has 1 aliphatic rings. The van der Waals surface area contributed by atoms with Gasteiger partial charge in [0.2, 0.25) is 0 Å². The van der Waals surface area contributed by atoms with Crippen LogP contribution >= 0.6 is 0 Å². The molecule has 4 aromatic rings. The quantitative estimate of drug-likeness (QED) is 0.0331. The molecule has 0 aliphatic carbocycles. The number of carboxylic acid groups (broad SMARTS) is 2. The van der Waals surface area contributed by atoms with E-state index in [1.807, 2.05) is 48.5 Å². The second-order valence-corrected chi connectivity index (χ2v) is 15.3. The number of hydrogen-bond acceptors (Lipinski definition) is 13. The third-order valence-electron chi connectivity index (χ3n) is 9.46. The van der Waals surface area contributed by atoms with Gasteiger partial charge in [0, 0.05) is 23.0 Å². The van der Waals surface area contributed by atoms with Gasteiger partial charge in [0.25, 0.3) is 0 Å². The number of ether oxygens (including phenoxy) is 7. The third-order valence-corrected chi connectivity index (χ3v) is 9.46. The molecule has 5 rings (SSSR count). The molecule has 0 aromatic heterocycles. The number of aliphatic carboxylic acids is 2. The van der Waals surface area contributed by atoms with Crippen LogP contribution in [0.5, 0.6) is 23.0 Å². The molecule has 0 spiro atoms. The summed E-state index contributed by atoms with van der Waals surface area (Å²) in [5.74, 6) is -0.510. The number of esters is 2. The van der Waals surface area contributed by atoms with Gasteiger partial charge in [-0.3, -0.25) is 0 Å². The molecule has 4 N–H and O–H groups in total. The van der Waals surface area contributed by atoms with Crippen LogP contribution in [0.25, 0.3) is 0 Å². The zero-order valence-electron chi connectivity index (χ0n) is 38.0. The Balaban J connectivity index is 0.000000323. The Labute approximate surface area is 380 Å². The first-order valence-electron chi connectivity index (χ1n) is 20.2. The largest absolute Gasteiger partial charge is 0.491 e. The summed E-state index contributed by atoms with van der Waals surface area (Å²) in [6.07, 6.45) is 1.58. The highest BCUT2D eigenvalue weighted by Gasteiger charge is 2.51. The van der Waals surface area contributed by atoms with E-state index in [0.717, 1.165) is 29.1 Å². The van der Waals surface area contributed by atoms with Crippen molar-refractivity contribution in [2.24, 2.45) is 0 Å². The van der Waals surface area contributed by atoms with E-state index in [1.54, 1.807) is 13.8 Å². The molecule has 0 amide bonds. The fourth-order valence-electron chi connectivity index (χ4n) is 5.60. The Morgan fingerprint density at radius 3 is 1.17 bits per heavy atom. The van der Waals surface area contributed by atoms with E-state index in [0.29, 0.717) is 19.3 Å². The van der Waals surface area contributed by atoms with E-state index in [9.17, 15) is 29.4 Å². The molecule has 0 bridgehead atoms. The molecule has 1 aliphatic heterocycles. The number of methoxy groups -OCH3 is 2. The van der Waals surface area contributed by atoms with Gasteiger partial charge in [-0.1, -0.05) is 89.4 Å². The van der Waals surface area contributed by atoms with E-state index in [1.165, 1.54) is 49.0 Å². The number of carbonyl (C=O) groups is 4. The van der Waals surface area contributed by atoms with Gasteiger partial charge in [0.05, 0.1) is 39.0 Å². The summed E-state index contributed by atoms with van der Waals surface area (Å²) in [5, 5.41) is 34.7. The lowest BCUT2D eigenvalue weighted by Crippen LogP contribution is -2.19. The Morgan fingerprint density at radius 1 is 0.585 bits per heavy atom. The van der Waals surface area contributed by atoms with Crippen molar-refractivity contribution in [2.75, 3.05) is 27.4 Å². The standard InChI is InChI=1S/2C20H24O3.C5H6O5.C5H6O4/c2*1-5-22-18-10-6-16(7-11-18)20(3,4)17-8-12-19(13-9-17)23-14-15(2)21;1-9-5(8)3-2(10-3)4(6)7;1-9-5(8)3-2-4(6)7/h2*5-13,15,21H,1,14H2,2-4H3;2-3H,1H3,(H,6,7);2-3H,1H3,(H,6,7)/b;;;3-2+/t;;2-,3?;/m..0./s1. The molecule has 15 nitrogen and oxygen atoms in total. The maximum atomic E-state index is 10.5. The third kappa shape index (κ3) is 18.7. The van der Waals surface area contributed by atoms with Gasteiger partial charge < -0.3 is 53.6 Å². The summed E-state index contributed by atoms with van der Waals surface area (Å²) in [6, 6.07) is 32.0. The highest BCUT2D eigenvalue weighted by atomic mass is 16.7. The van der Waals surface area contributed by atoms with Crippen LogP contribution < -0.4 is 18.9 Å². The average Bonchev–Trinajstić information content (AvgIpc) is 4.10. The predicted octanol–water partition coefficient (Wildman–Crippen LogP) is 7.40. The Hall–Kier alpha value is -6.94. The molecule has 1 saturated heterocycles. The maximum Gasteiger partial charge on any atom is 0.338 e. The van der Waals surface area contributed by atoms with Crippen LogP contribution in [0.3, 0.4) is 0 Å². The lowest BCUT2D eigenvalue weighted by atomic mass is 9.78. The highest BCUT2D eigenvalue weighted by molar-refractivity contribution is 5.90. The molecule has 4 aromatic carbocycles. The highest BCUT2D eigenvalue weighted by Crippen LogP contribution is 2.35. The molecule has 4 atom stereocenters. The van der Waals surface area contributed by atoms with E-state index in [4.69, 9.17) is 29.2 Å². The number of benzene rings is 4. The fraction of sp³-hybridized carbons (Fsp3) is 0.320. The minimum atomic E-state index is -1.17. The summed E-state index contributed by atoms with van der Waals surface area (Å²) in [6.45, 7) is 19.9. The second-order valence-electron chi connectivity index (χ2n) is 15.3. The minimum absolute atomic E-state index is 0.129. The number of hydrogen-bond donors (Lipinski definition) is 4. The topological polar surface area (TPSA) is 217 Å². The Bertz CT molecular complexity index is 2020. The van der Waals surface area contributed by atoms with Crippen molar-refractivity contribution >= 4 is 23.9 Å². The zero-order valence-corrected chi connectivity index (χ0v) is 38.0. The van der Waals surface area contributed by atoms with Gasteiger partial charge in [-0.15, -0.1) is 0 Å². The van der Waals surface area contributed by atoms with Crippen molar-refractivity contribution in [1.29, 1.82) is 0 Å². The van der Waals surface area contributed by atoms with Gasteiger partial charge in [0.15, 0.2) is 12.2 Å². The van der Waals surface area contributed by atoms with Crippen LogP contribution in [-0.4, -0.2) is 96.2 Å². The molecule has 1 fully saturated rings. The van der Waals surface area contributed by atoms with Crippen molar-refractivity contribution in [2.45, 2.75) is 76.8 Å². The van der Waals surface area contributed by atoms with Crippen LogP contribution in [0.4, 0.5) is 0 Å². The minimum Gasteiger partial charge on any atom is -0.491 e. The smallest absolute Gasteiger partial charge is 0.338 e. The molecule has 350 valence electrons. The van der Waals surface area contributed by atoms with Gasteiger partial charge in [-0.05, 0) is 84.6 Å². The van der Waals surface area contributed by atoms with Crippen molar-refractivity contribution in [1.82, 2.24) is 0 Å². The van der Waals surface area contributed by atoms with Gasteiger partial charge in [-0.25, -0.2) is 19.2 Å². The Kier molecular flexibility index (Phi) is 22.2. The van der Waals surface area contributed by atoms with Crippen LogP contribution in [-0.2, 0) is 44.2 Å². The van der Waals surface area contributed by atoms with E-state index in [-0.39, 0.29) is 10.8 Å². The molecule has 15 heteroatoms. The zero-order chi connectivity index (χ0) is 48.7.